The molecular formula is C14H18F3NO2. The molecule has 1 rings (SSSR count). The van der Waals surface area contributed by atoms with E-state index in [9.17, 15) is 23.1 Å². The zero-order valence-electron chi connectivity index (χ0n) is 11.6. The van der Waals surface area contributed by atoms with Gasteiger partial charge in [-0.2, -0.15) is 13.2 Å². The first kappa shape index (κ1) is 16.5. The highest BCUT2D eigenvalue weighted by Gasteiger charge is 2.30. The van der Waals surface area contributed by atoms with Gasteiger partial charge in [-0.1, -0.05) is 32.9 Å². The van der Waals surface area contributed by atoms with Crippen LogP contribution in [0.3, 0.4) is 0 Å². The molecule has 0 heterocycles. The van der Waals surface area contributed by atoms with E-state index in [4.69, 9.17) is 0 Å². The van der Waals surface area contributed by atoms with E-state index in [-0.39, 0.29) is 12.5 Å². The van der Waals surface area contributed by atoms with Crippen LogP contribution in [0.25, 0.3) is 0 Å². The van der Waals surface area contributed by atoms with Gasteiger partial charge in [-0.25, -0.2) is 0 Å². The topological polar surface area (TPSA) is 49.3 Å². The summed E-state index contributed by atoms with van der Waals surface area (Å²) >= 11 is 0. The fraction of sp³-hybridized carbons (Fsp3) is 0.500. The number of amides is 1. The standard InChI is InChI=1S/C14H18F3NO2/c1-13(2,3)12(20)18-8-11(19)9-4-6-10(7-5-9)14(15,16)17/h4-7,11,19H,8H2,1-3H3,(H,18,20). The lowest BCUT2D eigenvalue weighted by Crippen LogP contribution is -2.37. The summed E-state index contributed by atoms with van der Waals surface area (Å²) in [5, 5.41) is 12.4. The number of alkyl halides is 3. The van der Waals surface area contributed by atoms with Crippen molar-refractivity contribution >= 4 is 5.91 Å². The number of aliphatic hydroxyl groups excluding tert-OH is 1. The number of rotatable bonds is 3. The summed E-state index contributed by atoms with van der Waals surface area (Å²) < 4.78 is 37.2. The maximum Gasteiger partial charge on any atom is 0.416 e. The van der Waals surface area contributed by atoms with Crippen LogP contribution in [-0.4, -0.2) is 17.6 Å². The van der Waals surface area contributed by atoms with Crippen molar-refractivity contribution in [3.05, 3.63) is 35.4 Å². The fourth-order valence-corrected chi connectivity index (χ4v) is 1.47. The van der Waals surface area contributed by atoms with Crippen molar-refractivity contribution in [2.75, 3.05) is 6.54 Å². The second-order valence-electron chi connectivity index (χ2n) is 5.60. The van der Waals surface area contributed by atoms with Crippen LogP contribution in [0.5, 0.6) is 0 Å². The average Bonchev–Trinajstić information content (AvgIpc) is 2.33. The van der Waals surface area contributed by atoms with Crippen molar-refractivity contribution < 1.29 is 23.1 Å². The predicted molar refractivity (Wildman–Crippen MR) is 68.9 cm³/mol. The Kier molecular flexibility index (Phi) is 4.81. The second-order valence-corrected chi connectivity index (χ2v) is 5.60. The summed E-state index contributed by atoms with van der Waals surface area (Å²) in [6.45, 7) is 5.15. The first-order valence-corrected chi connectivity index (χ1v) is 6.15. The Labute approximate surface area is 115 Å². The van der Waals surface area contributed by atoms with Crippen molar-refractivity contribution in [3.8, 4) is 0 Å². The zero-order chi connectivity index (χ0) is 15.6. The number of carbonyl (C=O) groups is 1. The number of aliphatic hydroxyl groups is 1. The summed E-state index contributed by atoms with van der Waals surface area (Å²) in [5.41, 5.74) is -1.03. The molecule has 1 atom stereocenters. The predicted octanol–water partition coefficient (Wildman–Crippen LogP) is 2.90. The van der Waals surface area contributed by atoms with Crippen molar-refractivity contribution in [2.24, 2.45) is 5.41 Å². The summed E-state index contributed by atoms with van der Waals surface area (Å²) in [7, 11) is 0. The SMILES string of the molecule is CC(C)(C)C(=O)NCC(O)c1ccc(C(F)(F)F)cc1. The number of carbonyl (C=O) groups excluding carboxylic acids is 1. The number of hydrogen-bond acceptors (Lipinski definition) is 2. The van der Waals surface area contributed by atoms with Crippen molar-refractivity contribution in [1.29, 1.82) is 0 Å². The van der Waals surface area contributed by atoms with E-state index >= 15 is 0 Å². The van der Waals surface area contributed by atoms with Crippen LogP contribution < -0.4 is 5.32 Å². The molecule has 1 amide bonds. The van der Waals surface area contributed by atoms with Gasteiger partial charge < -0.3 is 10.4 Å². The quantitative estimate of drug-likeness (QED) is 0.899. The highest BCUT2D eigenvalue weighted by molar-refractivity contribution is 5.81. The van der Waals surface area contributed by atoms with Gasteiger partial charge >= 0.3 is 6.18 Å². The van der Waals surface area contributed by atoms with E-state index in [0.29, 0.717) is 5.56 Å². The molecule has 0 aromatic heterocycles. The van der Waals surface area contributed by atoms with Gasteiger partial charge in [0.15, 0.2) is 0 Å². The summed E-state index contributed by atoms with van der Waals surface area (Å²) in [6, 6.07) is 4.22. The molecule has 3 nitrogen and oxygen atoms in total. The minimum absolute atomic E-state index is 0.0402. The highest BCUT2D eigenvalue weighted by atomic mass is 19.4. The third-order valence-corrected chi connectivity index (χ3v) is 2.76. The molecule has 6 heteroatoms. The Hall–Kier alpha value is -1.56. The molecule has 0 radical (unpaired) electrons. The van der Waals surface area contributed by atoms with E-state index in [1.165, 1.54) is 12.1 Å². The molecule has 0 spiro atoms. The van der Waals surface area contributed by atoms with E-state index < -0.39 is 23.3 Å². The molecule has 20 heavy (non-hydrogen) atoms. The van der Waals surface area contributed by atoms with Crippen LogP contribution in [0.2, 0.25) is 0 Å². The van der Waals surface area contributed by atoms with Crippen molar-refractivity contribution in [2.45, 2.75) is 33.1 Å². The minimum atomic E-state index is -4.40. The smallest absolute Gasteiger partial charge is 0.387 e. The molecule has 0 saturated heterocycles. The monoisotopic (exact) mass is 289 g/mol. The van der Waals surface area contributed by atoms with Crippen LogP contribution in [0.15, 0.2) is 24.3 Å². The normalized spacial score (nSPS) is 13.9. The molecule has 0 aliphatic rings. The molecule has 1 aromatic rings. The lowest BCUT2D eigenvalue weighted by molar-refractivity contribution is -0.137. The molecule has 0 aliphatic heterocycles. The molecule has 0 bridgehead atoms. The zero-order valence-corrected chi connectivity index (χ0v) is 11.6. The van der Waals surface area contributed by atoms with Crippen molar-refractivity contribution in [3.63, 3.8) is 0 Å². The average molecular weight is 289 g/mol. The van der Waals surface area contributed by atoms with Crippen LogP contribution in [-0.2, 0) is 11.0 Å². The van der Waals surface area contributed by atoms with Gasteiger partial charge in [0.2, 0.25) is 5.91 Å². The largest absolute Gasteiger partial charge is 0.416 e. The molecule has 0 aliphatic carbocycles. The van der Waals surface area contributed by atoms with E-state index in [2.05, 4.69) is 5.32 Å². The van der Waals surface area contributed by atoms with E-state index in [1.807, 2.05) is 0 Å². The molecule has 0 saturated carbocycles. The van der Waals surface area contributed by atoms with E-state index in [1.54, 1.807) is 20.8 Å². The number of halogens is 3. The van der Waals surface area contributed by atoms with Crippen LogP contribution in [0.1, 0.15) is 38.0 Å². The lowest BCUT2D eigenvalue weighted by Gasteiger charge is -2.20. The Morgan fingerprint density at radius 1 is 1.20 bits per heavy atom. The van der Waals surface area contributed by atoms with Gasteiger partial charge in [0.05, 0.1) is 11.7 Å². The second kappa shape index (κ2) is 5.83. The van der Waals surface area contributed by atoms with Gasteiger partial charge in [-0.3, -0.25) is 4.79 Å². The molecule has 2 N–H and O–H groups in total. The summed E-state index contributed by atoms with van der Waals surface area (Å²) in [6.07, 6.45) is -5.44. The first-order valence-electron chi connectivity index (χ1n) is 6.15. The van der Waals surface area contributed by atoms with Gasteiger partial charge in [0, 0.05) is 12.0 Å². The van der Waals surface area contributed by atoms with Crippen LogP contribution in [0.4, 0.5) is 13.2 Å². The molecule has 0 fully saturated rings. The molecule has 1 aromatic carbocycles. The Morgan fingerprint density at radius 3 is 2.10 bits per heavy atom. The molecule has 1 unspecified atom stereocenters. The molecular weight excluding hydrogens is 271 g/mol. The molecule has 112 valence electrons. The van der Waals surface area contributed by atoms with Crippen LogP contribution >= 0.6 is 0 Å². The first-order chi connectivity index (χ1) is 9.01. The van der Waals surface area contributed by atoms with Gasteiger partial charge in [-0.15, -0.1) is 0 Å². The fourth-order valence-electron chi connectivity index (χ4n) is 1.47. The van der Waals surface area contributed by atoms with Gasteiger partial charge in [0.1, 0.15) is 0 Å². The van der Waals surface area contributed by atoms with Gasteiger partial charge in [0.25, 0.3) is 0 Å². The Bertz CT molecular complexity index is 461. The third-order valence-electron chi connectivity index (χ3n) is 2.76. The van der Waals surface area contributed by atoms with Crippen molar-refractivity contribution in [1.82, 2.24) is 5.32 Å². The minimum Gasteiger partial charge on any atom is -0.387 e. The number of benzene rings is 1. The number of hydrogen-bond donors (Lipinski definition) is 2. The van der Waals surface area contributed by atoms with Gasteiger partial charge in [-0.05, 0) is 17.7 Å². The maximum absolute atomic E-state index is 12.4. The highest BCUT2D eigenvalue weighted by Crippen LogP contribution is 2.29. The number of nitrogens with one attached hydrogen (secondary N) is 1. The Morgan fingerprint density at radius 2 is 1.70 bits per heavy atom. The Balaban J connectivity index is 2.65. The summed E-state index contributed by atoms with van der Waals surface area (Å²) in [5.74, 6) is -0.233. The van der Waals surface area contributed by atoms with Crippen LogP contribution in [0, 0.1) is 5.41 Å². The van der Waals surface area contributed by atoms with E-state index in [0.717, 1.165) is 12.1 Å². The lowest BCUT2D eigenvalue weighted by atomic mass is 9.95. The summed E-state index contributed by atoms with van der Waals surface area (Å²) in [4.78, 5) is 11.6. The third kappa shape index (κ3) is 4.52. The maximum atomic E-state index is 12.4.